The van der Waals surface area contributed by atoms with E-state index < -0.39 is 0 Å². The Bertz CT molecular complexity index is 1110. The Balaban J connectivity index is 1.55. The molecule has 1 aromatic heterocycles. The van der Waals surface area contributed by atoms with Crippen molar-refractivity contribution in [3.05, 3.63) is 89.2 Å². The Labute approximate surface area is 188 Å². The SMILES string of the molecule is COc1ccccc1CC(=O)N1CCCc2ncc(C(=O)N(C)Cc3ccccc3)cc21. The van der Waals surface area contributed by atoms with Crippen LogP contribution in [0.5, 0.6) is 5.75 Å². The molecule has 2 aromatic carbocycles. The zero-order valence-corrected chi connectivity index (χ0v) is 18.5. The number of amides is 2. The predicted molar refractivity (Wildman–Crippen MR) is 124 cm³/mol. The van der Waals surface area contributed by atoms with Gasteiger partial charge in [-0.2, -0.15) is 0 Å². The van der Waals surface area contributed by atoms with E-state index in [1.165, 1.54) is 0 Å². The average molecular weight is 430 g/mol. The number of aryl methyl sites for hydroxylation is 1. The second-order valence-electron chi connectivity index (χ2n) is 7.97. The van der Waals surface area contributed by atoms with Gasteiger partial charge < -0.3 is 14.5 Å². The fourth-order valence-corrected chi connectivity index (χ4v) is 4.07. The van der Waals surface area contributed by atoms with Gasteiger partial charge in [0.2, 0.25) is 5.91 Å². The van der Waals surface area contributed by atoms with Crippen LogP contribution in [0.15, 0.2) is 66.9 Å². The third-order valence-corrected chi connectivity index (χ3v) is 5.72. The lowest BCUT2D eigenvalue weighted by Crippen LogP contribution is -2.37. The molecule has 1 aliphatic heterocycles. The molecular weight excluding hydrogens is 402 g/mol. The summed E-state index contributed by atoms with van der Waals surface area (Å²) < 4.78 is 5.40. The first-order chi connectivity index (χ1) is 15.6. The van der Waals surface area contributed by atoms with Gasteiger partial charge in [-0.05, 0) is 30.5 Å². The van der Waals surface area contributed by atoms with Gasteiger partial charge in [0.15, 0.2) is 0 Å². The summed E-state index contributed by atoms with van der Waals surface area (Å²) in [7, 11) is 3.38. The van der Waals surface area contributed by atoms with Crippen LogP contribution in [0.1, 0.15) is 33.6 Å². The molecule has 2 amide bonds. The predicted octanol–water partition coefficient (Wildman–Crippen LogP) is 3.88. The number of anilines is 1. The minimum atomic E-state index is -0.119. The Morgan fingerprint density at radius 2 is 1.84 bits per heavy atom. The van der Waals surface area contributed by atoms with Gasteiger partial charge in [0.1, 0.15) is 5.75 Å². The molecule has 0 atom stereocenters. The van der Waals surface area contributed by atoms with Crippen molar-refractivity contribution in [3.63, 3.8) is 0 Å². The van der Waals surface area contributed by atoms with Crippen LogP contribution in [0, 0.1) is 0 Å². The molecule has 6 nitrogen and oxygen atoms in total. The minimum absolute atomic E-state index is 0.0283. The molecule has 1 aliphatic rings. The highest BCUT2D eigenvalue weighted by molar-refractivity contribution is 5.99. The quantitative estimate of drug-likeness (QED) is 0.597. The van der Waals surface area contributed by atoms with Gasteiger partial charge in [0.05, 0.1) is 30.5 Å². The summed E-state index contributed by atoms with van der Waals surface area (Å²) >= 11 is 0. The van der Waals surface area contributed by atoms with E-state index in [0.29, 0.717) is 24.4 Å². The number of rotatable bonds is 6. The molecule has 6 heteroatoms. The number of fused-ring (bicyclic) bond motifs is 1. The highest BCUT2D eigenvalue weighted by atomic mass is 16.5. The number of aromatic nitrogens is 1. The van der Waals surface area contributed by atoms with Crippen molar-refractivity contribution in [1.82, 2.24) is 9.88 Å². The Morgan fingerprint density at radius 1 is 1.09 bits per heavy atom. The fourth-order valence-electron chi connectivity index (χ4n) is 4.07. The summed E-state index contributed by atoms with van der Waals surface area (Å²) in [5.74, 6) is 0.550. The van der Waals surface area contributed by atoms with Crippen molar-refractivity contribution in [3.8, 4) is 5.75 Å². The van der Waals surface area contributed by atoms with Crippen molar-refractivity contribution >= 4 is 17.5 Å². The van der Waals surface area contributed by atoms with E-state index in [4.69, 9.17) is 4.74 Å². The maximum atomic E-state index is 13.2. The van der Waals surface area contributed by atoms with E-state index >= 15 is 0 Å². The molecule has 0 fully saturated rings. The minimum Gasteiger partial charge on any atom is -0.496 e. The number of methoxy groups -OCH3 is 1. The number of ether oxygens (including phenoxy) is 1. The van der Waals surface area contributed by atoms with Crippen LogP contribution in [-0.2, 0) is 24.2 Å². The van der Waals surface area contributed by atoms with E-state index in [2.05, 4.69) is 4.98 Å². The van der Waals surface area contributed by atoms with E-state index in [0.717, 1.165) is 35.3 Å². The van der Waals surface area contributed by atoms with E-state index in [-0.39, 0.29) is 18.2 Å². The van der Waals surface area contributed by atoms with Gasteiger partial charge in [-0.1, -0.05) is 48.5 Å². The second-order valence-corrected chi connectivity index (χ2v) is 7.97. The zero-order chi connectivity index (χ0) is 22.5. The topological polar surface area (TPSA) is 62.7 Å². The zero-order valence-electron chi connectivity index (χ0n) is 18.5. The Hall–Kier alpha value is -3.67. The molecule has 0 radical (unpaired) electrons. The highest BCUT2D eigenvalue weighted by Gasteiger charge is 2.26. The van der Waals surface area contributed by atoms with Gasteiger partial charge in [-0.15, -0.1) is 0 Å². The number of benzene rings is 2. The van der Waals surface area contributed by atoms with Gasteiger partial charge in [-0.3, -0.25) is 14.6 Å². The fraction of sp³-hybridized carbons (Fsp3) is 0.269. The average Bonchev–Trinajstić information content (AvgIpc) is 2.83. The van der Waals surface area contributed by atoms with Crippen LogP contribution in [-0.4, -0.2) is 42.4 Å². The van der Waals surface area contributed by atoms with Gasteiger partial charge in [-0.25, -0.2) is 0 Å². The number of hydrogen-bond acceptors (Lipinski definition) is 4. The number of para-hydroxylation sites is 1. The monoisotopic (exact) mass is 429 g/mol. The van der Waals surface area contributed by atoms with E-state index in [9.17, 15) is 9.59 Å². The van der Waals surface area contributed by atoms with Crippen LogP contribution in [0.4, 0.5) is 5.69 Å². The van der Waals surface area contributed by atoms with Crippen molar-refractivity contribution in [2.75, 3.05) is 25.6 Å². The van der Waals surface area contributed by atoms with E-state index in [1.54, 1.807) is 30.2 Å². The lowest BCUT2D eigenvalue weighted by molar-refractivity contribution is -0.118. The summed E-state index contributed by atoms with van der Waals surface area (Å²) in [5.41, 5.74) is 3.97. The van der Waals surface area contributed by atoms with Crippen LogP contribution in [0.3, 0.4) is 0 Å². The highest BCUT2D eigenvalue weighted by Crippen LogP contribution is 2.28. The van der Waals surface area contributed by atoms with Crippen LogP contribution in [0.25, 0.3) is 0 Å². The number of pyridine rings is 1. The summed E-state index contributed by atoms with van der Waals surface area (Å²) in [6.45, 7) is 1.12. The molecule has 164 valence electrons. The molecule has 3 aromatic rings. The molecule has 4 rings (SSSR count). The van der Waals surface area contributed by atoms with Crippen LogP contribution < -0.4 is 9.64 Å². The van der Waals surface area contributed by atoms with Gasteiger partial charge in [0.25, 0.3) is 5.91 Å². The van der Waals surface area contributed by atoms with Crippen molar-refractivity contribution < 1.29 is 14.3 Å². The van der Waals surface area contributed by atoms with Crippen LogP contribution in [0.2, 0.25) is 0 Å². The third kappa shape index (κ3) is 4.64. The first kappa shape index (κ1) is 21.6. The van der Waals surface area contributed by atoms with Gasteiger partial charge in [0, 0.05) is 31.9 Å². The smallest absolute Gasteiger partial charge is 0.255 e. The van der Waals surface area contributed by atoms with Crippen molar-refractivity contribution in [2.45, 2.75) is 25.8 Å². The van der Waals surface area contributed by atoms with Crippen LogP contribution >= 0.6 is 0 Å². The molecule has 0 saturated heterocycles. The van der Waals surface area contributed by atoms with Gasteiger partial charge >= 0.3 is 0 Å². The molecule has 0 N–H and O–H groups in total. The first-order valence-electron chi connectivity index (χ1n) is 10.8. The molecular formula is C26H27N3O3. The number of carbonyl (C=O) groups excluding carboxylic acids is 2. The maximum Gasteiger partial charge on any atom is 0.255 e. The third-order valence-electron chi connectivity index (χ3n) is 5.72. The Kier molecular flexibility index (Phi) is 6.50. The van der Waals surface area contributed by atoms with E-state index in [1.807, 2.05) is 60.7 Å². The summed E-state index contributed by atoms with van der Waals surface area (Å²) in [6, 6.07) is 19.2. The first-order valence-corrected chi connectivity index (χ1v) is 10.8. The Morgan fingerprint density at radius 3 is 2.62 bits per heavy atom. The summed E-state index contributed by atoms with van der Waals surface area (Å²) in [5, 5.41) is 0. The summed E-state index contributed by atoms with van der Waals surface area (Å²) in [4.78, 5) is 34.2. The second kappa shape index (κ2) is 9.64. The lowest BCUT2D eigenvalue weighted by Gasteiger charge is -2.29. The number of carbonyl (C=O) groups is 2. The number of nitrogens with zero attached hydrogens (tertiary/aromatic N) is 3. The number of hydrogen-bond donors (Lipinski definition) is 0. The molecule has 0 unspecified atom stereocenters. The van der Waals surface area contributed by atoms with Crippen molar-refractivity contribution in [1.29, 1.82) is 0 Å². The largest absolute Gasteiger partial charge is 0.496 e. The molecule has 32 heavy (non-hydrogen) atoms. The molecule has 2 heterocycles. The molecule has 0 aliphatic carbocycles. The van der Waals surface area contributed by atoms with Crippen molar-refractivity contribution in [2.24, 2.45) is 0 Å². The molecule has 0 spiro atoms. The summed E-state index contributed by atoms with van der Waals surface area (Å²) in [6.07, 6.45) is 3.49. The standard InChI is InChI=1S/C26H27N3O3/c1-28(18-19-9-4-3-5-10-19)26(31)21-15-23-22(27-17-21)12-8-14-29(23)25(30)16-20-11-6-7-13-24(20)32-2/h3-7,9-11,13,15,17H,8,12,14,16,18H2,1-2H3. The molecule has 0 bridgehead atoms. The maximum absolute atomic E-state index is 13.2. The molecule has 0 saturated carbocycles. The normalized spacial score (nSPS) is 12.8. The lowest BCUT2D eigenvalue weighted by atomic mass is 10.0.